The van der Waals surface area contributed by atoms with Crippen molar-refractivity contribution in [1.29, 1.82) is 0 Å². The zero-order valence-corrected chi connectivity index (χ0v) is 16.4. The van der Waals surface area contributed by atoms with Crippen LogP contribution in [-0.2, 0) is 35.3 Å². The van der Waals surface area contributed by atoms with Gasteiger partial charge in [0.1, 0.15) is 11.6 Å². The molecule has 1 fully saturated rings. The first kappa shape index (κ1) is 18.6. The van der Waals surface area contributed by atoms with Crippen LogP contribution in [0.25, 0.3) is 0 Å². The summed E-state index contributed by atoms with van der Waals surface area (Å²) in [5.41, 5.74) is 0.839. The molecule has 8 heteroatoms. The molecule has 0 radical (unpaired) electrons. The number of aryl methyl sites for hydroxylation is 1. The maximum Gasteiger partial charge on any atom is 0.218 e. The molecule has 0 atom stereocenters. The van der Waals surface area contributed by atoms with Crippen LogP contribution in [0.3, 0.4) is 0 Å². The van der Waals surface area contributed by atoms with Gasteiger partial charge in [0.2, 0.25) is 10.0 Å². The zero-order valence-electron chi connectivity index (χ0n) is 15.6. The van der Waals surface area contributed by atoms with Gasteiger partial charge in [-0.3, -0.25) is 4.90 Å². The van der Waals surface area contributed by atoms with Crippen LogP contribution in [0.1, 0.15) is 36.5 Å². The SMILES string of the molecule is O=S(=O)(Cc1ccccc1)N1CCN(Cc2nnc3n2CCCCC3)CC1. The van der Waals surface area contributed by atoms with Crippen molar-refractivity contribution in [2.45, 2.75) is 44.5 Å². The average molecular weight is 390 g/mol. The lowest BCUT2D eigenvalue weighted by atomic mass is 10.2. The van der Waals surface area contributed by atoms with Gasteiger partial charge in [-0.1, -0.05) is 36.8 Å². The highest BCUT2D eigenvalue weighted by atomic mass is 32.2. The molecule has 1 aromatic heterocycles. The molecule has 146 valence electrons. The first-order valence-electron chi connectivity index (χ1n) is 9.77. The molecule has 0 unspecified atom stereocenters. The Morgan fingerprint density at radius 3 is 2.44 bits per heavy atom. The molecule has 2 aromatic rings. The van der Waals surface area contributed by atoms with E-state index in [-0.39, 0.29) is 5.75 Å². The van der Waals surface area contributed by atoms with Gasteiger partial charge in [-0.15, -0.1) is 10.2 Å². The van der Waals surface area contributed by atoms with Crippen molar-refractivity contribution in [3.8, 4) is 0 Å². The van der Waals surface area contributed by atoms with Gasteiger partial charge >= 0.3 is 0 Å². The lowest BCUT2D eigenvalue weighted by molar-refractivity contribution is 0.176. The molecular formula is C19H27N5O2S. The highest BCUT2D eigenvalue weighted by Crippen LogP contribution is 2.18. The summed E-state index contributed by atoms with van der Waals surface area (Å²) in [4.78, 5) is 2.29. The minimum atomic E-state index is -3.27. The summed E-state index contributed by atoms with van der Waals surface area (Å²) in [7, 11) is -3.27. The third kappa shape index (κ3) is 4.39. The minimum Gasteiger partial charge on any atom is -0.314 e. The maximum absolute atomic E-state index is 12.7. The van der Waals surface area contributed by atoms with Gasteiger partial charge in [0, 0.05) is 39.1 Å². The fourth-order valence-corrected chi connectivity index (χ4v) is 5.42. The van der Waals surface area contributed by atoms with E-state index < -0.39 is 10.0 Å². The normalized spacial score (nSPS) is 19.6. The first-order chi connectivity index (χ1) is 13.1. The lowest BCUT2D eigenvalue weighted by Gasteiger charge is -2.33. The second-order valence-electron chi connectivity index (χ2n) is 7.41. The van der Waals surface area contributed by atoms with E-state index >= 15 is 0 Å². The van der Waals surface area contributed by atoms with Gasteiger partial charge in [0.05, 0.1) is 12.3 Å². The predicted octanol–water partition coefficient (Wildman–Crippen LogP) is 1.65. The molecule has 27 heavy (non-hydrogen) atoms. The van der Waals surface area contributed by atoms with E-state index in [2.05, 4.69) is 19.7 Å². The molecule has 4 rings (SSSR count). The average Bonchev–Trinajstić information content (AvgIpc) is 2.89. The Hall–Kier alpha value is -1.77. The summed E-state index contributed by atoms with van der Waals surface area (Å²) < 4.78 is 29.3. The highest BCUT2D eigenvalue weighted by molar-refractivity contribution is 7.88. The summed E-state index contributed by atoms with van der Waals surface area (Å²) >= 11 is 0. The van der Waals surface area contributed by atoms with Gasteiger partial charge in [0.15, 0.2) is 0 Å². The largest absolute Gasteiger partial charge is 0.314 e. The molecule has 0 saturated carbocycles. The Morgan fingerprint density at radius 1 is 0.889 bits per heavy atom. The van der Waals surface area contributed by atoms with E-state index in [0.717, 1.165) is 49.8 Å². The Balaban J connectivity index is 1.35. The fraction of sp³-hybridized carbons (Fsp3) is 0.579. The van der Waals surface area contributed by atoms with Crippen molar-refractivity contribution in [2.75, 3.05) is 26.2 Å². The Kier molecular flexibility index (Phi) is 5.56. The van der Waals surface area contributed by atoms with Gasteiger partial charge in [0.25, 0.3) is 0 Å². The number of hydrogen-bond acceptors (Lipinski definition) is 5. The molecule has 1 saturated heterocycles. The molecule has 7 nitrogen and oxygen atoms in total. The van der Waals surface area contributed by atoms with E-state index in [4.69, 9.17) is 0 Å². The van der Waals surface area contributed by atoms with Crippen LogP contribution in [0.5, 0.6) is 0 Å². The van der Waals surface area contributed by atoms with Crippen molar-refractivity contribution >= 4 is 10.0 Å². The van der Waals surface area contributed by atoms with Gasteiger partial charge in [-0.25, -0.2) is 8.42 Å². The molecule has 0 bridgehead atoms. The van der Waals surface area contributed by atoms with Crippen LogP contribution in [0.15, 0.2) is 30.3 Å². The second-order valence-corrected chi connectivity index (χ2v) is 9.38. The second kappa shape index (κ2) is 8.08. The third-order valence-corrected chi connectivity index (χ3v) is 7.32. The molecule has 0 aliphatic carbocycles. The van der Waals surface area contributed by atoms with Crippen LogP contribution in [0, 0.1) is 0 Å². The van der Waals surface area contributed by atoms with Crippen LogP contribution in [0.2, 0.25) is 0 Å². The zero-order chi connectivity index (χ0) is 18.7. The number of sulfonamides is 1. The minimum absolute atomic E-state index is 0.0749. The number of fused-ring (bicyclic) bond motifs is 1. The molecule has 0 amide bonds. The molecular weight excluding hydrogens is 362 g/mol. The summed E-state index contributed by atoms with van der Waals surface area (Å²) in [6, 6.07) is 9.39. The first-order valence-corrected chi connectivity index (χ1v) is 11.4. The van der Waals surface area contributed by atoms with Crippen LogP contribution in [0.4, 0.5) is 0 Å². The predicted molar refractivity (Wildman–Crippen MR) is 103 cm³/mol. The van der Waals surface area contributed by atoms with E-state index in [0.29, 0.717) is 13.1 Å². The van der Waals surface area contributed by atoms with Gasteiger partial charge in [-0.05, 0) is 18.4 Å². The van der Waals surface area contributed by atoms with Crippen molar-refractivity contribution < 1.29 is 8.42 Å². The quantitative estimate of drug-likeness (QED) is 0.778. The van der Waals surface area contributed by atoms with Crippen LogP contribution in [-0.4, -0.2) is 58.6 Å². The molecule has 0 N–H and O–H groups in total. The molecule has 0 spiro atoms. The standard InChI is InChI=1S/C19H27N5O2S/c25-27(26,16-17-7-3-1-4-8-17)23-13-11-22(12-14-23)15-19-21-20-18-9-5-2-6-10-24(18)19/h1,3-4,7-8H,2,5-6,9-16H2. The summed E-state index contributed by atoms with van der Waals surface area (Å²) in [5.74, 6) is 2.20. The van der Waals surface area contributed by atoms with Crippen molar-refractivity contribution in [3.63, 3.8) is 0 Å². The van der Waals surface area contributed by atoms with Crippen molar-refractivity contribution in [3.05, 3.63) is 47.5 Å². The molecule has 1 aromatic carbocycles. The fourth-order valence-electron chi connectivity index (χ4n) is 3.90. The number of nitrogens with zero attached hydrogens (tertiary/aromatic N) is 5. The summed E-state index contributed by atoms with van der Waals surface area (Å²) in [5, 5.41) is 8.76. The molecule has 2 aliphatic rings. The summed E-state index contributed by atoms with van der Waals surface area (Å²) in [6.45, 7) is 4.29. The van der Waals surface area contributed by atoms with E-state index in [9.17, 15) is 8.42 Å². The van der Waals surface area contributed by atoms with Gasteiger partial charge in [-0.2, -0.15) is 4.31 Å². The van der Waals surface area contributed by atoms with Crippen molar-refractivity contribution in [2.24, 2.45) is 0 Å². The molecule has 2 aliphatic heterocycles. The number of hydrogen-bond donors (Lipinski definition) is 0. The van der Waals surface area contributed by atoms with Gasteiger partial charge < -0.3 is 4.57 Å². The van der Waals surface area contributed by atoms with Crippen LogP contribution >= 0.6 is 0 Å². The third-order valence-electron chi connectivity index (χ3n) is 5.47. The van der Waals surface area contributed by atoms with E-state index in [1.165, 1.54) is 19.3 Å². The van der Waals surface area contributed by atoms with E-state index in [1.807, 2.05) is 30.3 Å². The lowest BCUT2D eigenvalue weighted by Crippen LogP contribution is -2.48. The number of rotatable bonds is 5. The van der Waals surface area contributed by atoms with Crippen LogP contribution < -0.4 is 0 Å². The Bertz CT molecular complexity index is 857. The monoisotopic (exact) mass is 389 g/mol. The Labute approximate surface area is 161 Å². The highest BCUT2D eigenvalue weighted by Gasteiger charge is 2.28. The number of piperazine rings is 1. The number of benzene rings is 1. The Morgan fingerprint density at radius 2 is 1.67 bits per heavy atom. The maximum atomic E-state index is 12.7. The summed E-state index contributed by atoms with van der Waals surface area (Å²) in [6.07, 6.45) is 4.64. The van der Waals surface area contributed by atoms with E-state index in [1.54, 1.807) is 4.31 Å². The van der Waals surface area contributed by atoms with Crippen molar-refractivity contribution in [1.82, 2.24) is 24.0 Å². The molecule has 3 heterocycles. The number of aromatic nitrogens is 3. The smallest absolute Gasteiger partial charge is 0.218 e. The topological polar surface area (TPSA) is 71.3 Å².